The van der Waals surface area contributed by atoms with Gasteiger partial charge in [0.15, 0.2) is 0 Å². The van der Waals surface area contributed by atoms with E-state index in [9.17, 15) is 0 Å². The van der Waals surface area contributed by atoms with Crippen molar-refractivity contribution in [1.29, 1.82) is 0 Å². The fourth-order valence-electron chi connectivity index (χ4n) is 2.97. The second kappa shape index (κ2) is 12.9. The zero-order valence-electron chi connectivity index (χ0n) is 14.0. The predicted molar refractivity (Wildman–Crippen MR) is 87.5 cm³/mol. The summed E-state index contributed by atoms with van der Waals surface area (Å²) in [5, 5.41) is 0. The minimum Gasteiger partial charge on any atom is -0.330 e. The Hall–Kier alpha value is -0.0800. The van der Waals surface area contributed by atoms with Crippen molar-refractivity contribution >= 4 is 0 Å². The second-order valence-corrected chi connectivity index (χ2v) is 5.95. The van der Waals surface area contributed by atoms with Crippen molar-refractivity contribution in [3.63, 3.8) is 0 Å². The predicted octanol–water partition coefficient (Wildman–Crippen LogP) is 4.29. The van der Waals surface area contributed by atoms with Gasteiger partial charge in [0.2, 0.25) is 0 Å². The summed E-state index contributed by atoms with van der Waals surface area (Å²) in [6.07, 6.45) is 9.22. The van der Waals surface area contributed by atoms with E-state index in [1.807, 2.05) is 0 Å². The largest absolute Gasteiger partial charge is 0.330 e. The van der Waals surface area contributed by atoms with Gasteiger partial charge < -0.3 is 10.6 Å². The lowest BCUT2D eigenvalue weighted by atomic mass is 9.94. The Morgan fingerprint density at radius 1 is 0.895 bits per heavy atom. The molecular formula is C17H38N2. The van der Waals surface area contributed by atoms with E-state index in [4.69, 9.17) is 5.73 Å². The first kappa shape index (κ1) is 18.9. The minimum atomic E-state index is 0.857. The first-order valence-electron chi connectivity index (χ1n) is 8.63. The van der Waals surface area contributed by atoms with E-state index >= 15 is 0 Å². The van der Waals surface area contributed by atoms with Crippen LogP contribution >= 0.6 is 0 Å². The van der Waals surface area contributed by atoms with Crippen LogP contribution in [0.5, 0.6) is 0 Å². The molecule has 2 N–H and O–H groups in total. The average Bonchev–Trinajstić information content (AvgIpc) is 2.43. The molecule has 0 saturated carbocycles. The van der Waals surface area contributed by atoms with Gasteiger partial charge in [0.1, 0.15) is 0 Å². The molecule has 1 atom stereocenters. The fourth-order valence-corrected chi connectivity index (χ4v) is 2.97. The summed E-state index contributed by atoms with van der Waals surface area (Å²) < 4.78 is 0. The highest BCUT2D eigenvalue weighted by Gasteiger charge is 2.11. The maximum absolute atomic E-state index is 5.71. The maximum Gasteiger partial charge on any atom is 0.000934 e. The normalized spacial score (nSPS) is 13.4. The molecule has 2 heteroatoms. The molecule has 19 heavy (non-hydrogen) atoms. The summed E-state index contributed by atoms with van der Waals surface area (Å²) in [4.78, 5) is 2.64. The fraction of sp³-hybridized carbons (Fsp3) is 1.00. The van der Waals surface area contributed by atoms with Gasteiger partial charge in [-0.15, -0.1) is 0 Å². The van der Waals surface area contributed by atoms with Crippen molar-refractivity contribution in [3.8, 4) is 0 Å². The highest BCUT2D eigenvalue weighted by Crippen LogP contribution is 2.18. The van der Waals surface area contributed by atoms with Gasteiger partial charge in [-0.25, -0.2) is 0 Å². The summed E-state index contributed by atoms with van der Waals surface area (Å²) >= 11 is 0. The quantitative estimate of drug-likeness (QED) is 0.541. The van der Waals surface area contributed by atoms with Crippen molar-refractivity contribution in [3.05, 3.63) is 0 Å². The lowest BCUT2D eigenvalue weighted by Gasteiger charge is -2.26. The first-order valence-corrected chi connectivity index (χ1v) is 8.63. The Labute approximate surface area is 122 Å². The molecule has 0 heterocycles. The standard InChI is InChI=1S/C17H38N2/c1-5-10-17(12-13-18)11-9-14-19(8-4)15-16(6-2)7-3/h16-17H,5-15,18H2,1-4H3. The van der Waals surface area contributed by atoms with Crippen molar-refractivity contribution in [2.24, 2.45) is 17.6 Å². The highest BCUT2D eigenvalue weighted by atomic mass is 15.1. The van der Waals surface area contributed by atoms with Crippen LogP contribution in [0.3, 0.4) is 0 Å². The smallest absolute Gasteiger partial charge is 0.000934 e. The molecule has 0 spiro atoms. The van der Waals surface area contributed by atoms with E-state index in [1.165, 1.54) is 64.6 Å². The van der Waals surface area contributed by atoms with Crippen LogP contribution < -0.4 is 5.73 Å². The zero-order chi connectivity index (χ0) is 14.5. The van der Waals surface area contributed by atoms with Crippen LogP contribution in [0.15, 0.2) is 0 Å². The van der Waals surface area contributed by atoms with E-state index in [0.717, 1.165) is 18.4 Å². The Morgan fingerprint density at radius 3 is 2.05 bits per heavy atom. The molecule has 0 rings (SSSR count). The number of nitrogens with zero attached hydrogens (tertiary/aromatic N) is 1. The van der Waals surface area contributed by atoms with Crippen molar-refractivity contribution in [1.82, 2.24) is 4.90 Å². The van der Waals surface area contributed by atoms with Crippen LogP contribution in [0.25, 0.3) is 0 Å². The van der Waals surface area contributed by atoms with Crippen LogP contribution in [0.1, 0.15) is 72.6 Å². The molecule has 0 aliphatic rings. The van der Waals surface area contributed by atoms with Gasteiger partial charge >= 0.3 is 0 Å². The first-order chi connectivity index (χ1) is 9.21. The molecule has 0 aliphatic carbocycles. The zero-order valence-corrected chi connectivity index (χ0v) is 14.0. The topological polar surface area (TPSA) is 29.3 Å². The van der Waals surface area contributed by atoms with Gasteiger partial charge in [-0.1, -0.05) is 53.4 Å². The molecule has 2 nitrogen and oxygen atoms in total. The summed E-state index contributed by atoms with van der Waals surface area (Å²) in [6, 6.07) is 0. The summed E-state index contributed by atoms with van der Waals surface area (Å²) in [5.74, 6) is 1.75. The third kappa shape index (κ3) is 9.45. The molecule has 116 valence electrons. The lowest BCUT2D eigenvalue weighted by molar-refractivity contribution is 0.223. The molecule has 0 aromatic carbocycles. The molecule has 0 aliphatic heterocycles. The molecule has 1 unspecified atom stereocenters. The molecule has 0 radical (unpaired) electrons. The van der Waals surface area contributed by atoms with E-state index in [1.54, 1.807) is 0 Å². The Balaban J connectivity index is 3.91. The molecular weight excluding hydrogens is 232 g/mol. The molecule has 0 amide bonds. The third-order valence-electron chi connectivity index (χ3n) is 4.48. The molecule has 0 fully saturated rings. The summed E-state index contributed by atoms with van der Waals surface area (Å²) in [7, 11) is 0. The number of rotatable bonds is 13. The lowest BCUT2D eigenvalue weighted by Crippen LogP contribution is -2.30. The van der Waals surface area contributed by atoms with Crippen molar-refractivity contribution in [2.75, 3.05) is 26.2 Å². The van der Waals surface area contributed by atoms with Crippen LogP contribution in [0.2, 0.25) is 0 Å². The van der Waals surface area contributed by atoms with Gasteiger partial charge in [-0.05, 0) is 50.7 Å². The van der Waals surface area contributed by atoms with Gasteiger partial charge in [0.25, 0.3) is 0 Å². The summed E-state index contributed by atoms with van der Waals surface area (Å²) in [6.45, 7) is 13.8. The van der Waals surface area contributed by atoms with Crippen LogP contribution in [-0.2, 0) is 0 Å². The molecule has 0 bridgehead atoms. The number of nitrogens with two attached hydrogens (primary N) is 1. The van der Waals surface area contributed by atoms with Crippen LogP contribution in [-0.4, -0.2) is 31.1 Å². The minimum absolute atomic E-state index is 0.857. The molecule has 0 saturated heterocycles. The van der Waals surface area contributed by atoms with E-state index in [-0.39, 0.29) is 0 Å². The SMILES string of the molecule is CCCC(CCN)CCCN(CC)CC(CC)CC. The summed E-state index contributed by atoms with van der Waals surface area (Å²) in [5.41, 5.74) is 5.71. The monoisotopic (exact) mass is 270 g/mol. The van der Waals surface area contributed by atoms with Gasteiger partial charge in [0, 0.05) is 6.54 Å². The van der Waals surface area contributed by atoms with Crippen LogP contribution in [0.4, 0.5) is 0 Å². The molecule has 0 aromatic rings. The maximum atomic E-state index is 5.71. The number of hydrogen-bond donors (Lipinski definition) is 1. The van der Waals surface area contributed by atoms with E-state index < -0.39 is 0 Å². The van der Waals surface area contributed by atoms with Gasteiger partial charge in [-0.2, -0.15) is 0 Å². The Bertz CT molecular complexity index is 172. The van der Waals surface area contributed by atoms with Crippen molar-refractivity contribution < 1.29 is 0 Å². The van der Waals surface area contributed by atoms with E-state index in [0.29, 0.717) is 0 Å². The average molecular weight is 271 g/mol. The Kier molecular flexibility index (Phi) is 12.9. The van der Waals surface area contributed by atoms with Gasteiger partial charge in [-0.3, -0.25) is 0 Å². The van der Waals surface area contributed by atoms with Gasteiger partial charge in [0.05, 0.1) is 0 Å². The highest BCUT2D eigenvalue weighted by molar-refractivity contribution is 4.65. The van der Waals surface area contributed by atoms with E-state index in [2.05, 4.69) is 32.6 Å². The Morgan fingerprint density at radius 2 is 1.58 bits per heavy atom. The molecule has 0 aromatic heterocycles. The van der Waals surface area contributed by atoms with Crippen molar-refractivity contribution in [2.45, 2.75) is 72.6 Å². The number of hydrogen-bond acceptors (Lipinski definition) is 2. The third-order valence-corrected chi connectivity index (χ3v) is 4.48. The van der Waals surface area contributed by atoms with Crippen LogP contribution in [0, 0.1) is 11.8 Å². The second-order valence-electron chi connectivity index (χ2n) is 5.95.